The van der Waals surface area contributed by atoms with Crippen LogP contribution in [0.5, 0.6) is 11.5 Å². The second-order valence-corrected chi connectivity index (χ2v) is 4.93. The Morgan fingerprint density at radius 3 is 2.56 bits per heavy atom. The highest BCUT2D eigenvalue weighted by molar-refractivity contribution is 6.42. The lowest BCUT2D eigenvalue weighted by atomic mass is 10.1. The van der Waals surface area contributed by atoms with Crippen molar-refractivity contribution in [2.75, 3.05) is 0 Å². The van der Waals surface area contributed by atoms with E-state index < -0.39 is 0 Å². The third kappa shape index (κ3) is 2.92. The Morgan fingerprint density at radius 2 is 1.89 bits per heavy atom. The van der Waals surface area contributed by atoms with Gasteiger partial charge in [-0.25, -0.2) is 0 Å². The molecule has 0 aliphatic carbocycles. The lowest BCUT2D eigenvalue weighted by Crippen LogP contribution is -1.89. The van der Waals surface area contributed by atoms with E-state index in [-0.39, 0.29) is 0 Å². The summed E-state index contributed by atoms with van der Waals surface area (Å²) in [6.07, 6.45) is 0. The van der Waals surface area contributed by atoms with E-state index in [1.807, 2.05) is 25.1 Å². The molecule has 0 bridgehead atoms. The van der Waals surface area contributed by atoms with Gasteiger partial charge in [0.05, 0.1) is 5.02 Å². The van der Waals surface area contributed by atoms with E-state index in [1.165, 1.54) is 0 Å². The van der Waals surface area contributed by atoms with E-state index in [9.17, 15) is 0 Å². The van der Waals surface area contributed by atoms with Crippen molar-refractivity contribution >= 4 is 34.8 Å². The van der Waals surface area contributed by atoms with Gasteiger partial charge in [-0.3, -0.25) is 0 Å². The van der Waals surface area contributed by atoms with Crippen molar-refractivity contribution in [1.82, 2.24) is 0 Å². The van der Waals surface area contributed by atoms with Crippen LogP contribution in [-0.2, 0) is 5.88 Å². The second-order valence-electron chi connectivity index (χ2n) is 3.88. The average molecular weight is 302 g/mol. The molecule has 0 unspecified atom stereocenters. The third-order valence-corrected chi connectivity index (χ3v) is 3.69. The lowest BCUT2D eigenvalue weighted by molar-refractivity contribution is 0.482. The molecule has 0 fully saturated rings. The summed E-state index contributed by atoms with van der Waals surface area (Å²) in [7, 11) is 0. The molecule has 2 aromatic carbocycles. The van der Waals surface area contributed by atoms with Crippen molar-refractivity contribution in [1.29, 1.82) is 0 Å². The van der Waals surface area contributed by atoms with Crippen molar-refractivity contribution in [2.24, 2.45) is 0 Å². The summed E-state index contributed by atoms with van der Waals surface area (Å²) in [5.74, 6) is 1.75. The molecule has 0 aliphatic rings. The van der Waals surface area contributed by atoms with Crippen LogP contribution in [0.1, 0.15) is 11.1 Å². The number of hydrogen-bond donors (Lipinski definition) is 0. The summed E-state index contributed by atoms with van der Waals surface area (Å²) in [6.45, 7) is 1.99. The Labute approximate surface area is 121 Å². The first-order valence-electron chi connectivity index (χ1n) is 5.39. The van der Waals surface area contributed by atoms with Gasteiger partial charge in [0.2, 0.25) is 0 Å². The standard InChI is InChI=1S/C14H11Cl3O/c1-9-7-11(6-5-10(9)8-15)18-13-4-2-3-12(16)14(13)17/h2-7H,8H2,1H3. The molecule has 1 nitrogen and oxygen atoms in total. The van der Waals surface area contributed by atoms with Gasteiger partial charge in [0.25, 0.3) is 0 Å². The SMILES string of the molecule is Cc1cc(Oc2cccc(Cl)c2Cl)ccc1CCl. The van der Waals surface area contributed by atoms with Crippen LogP contribution >= 0.6 is 34.8 Å². The van der Waals surface area contributed by atoms with E-state index in [0.717, 1.165) is 11.1 Å². The van der Waals surface area contributed by atoms with Crippen LogP contribution in [0.2, 0.25) is 10.0 Å². The quantitative estimate of drug-likeness (QED) is 0.648. The maximum atomic E-state index is 6.06. The van der Waals surface area contributed by atoms with E-state index in [4.69, 9.17) is 39.5 Å². The first-order chi connectivity index (χ1) is 8.61. The molecule has 0 heterocycles. The predicted octanol–water partition coefficient (Wildman–Crippen LogP) is 5.83. The van der Waals surface area contributed by atoms with Crippen molar-refractivity contribution in [3.05, 3.63) is 57.6 Å². The van der Waals surface area contributed by atoms with Gasteiger partial charge in [0, 0.05) is 5.88 Å². The van der Waals surface area contributed by atoms with Crippen LogP contribution in [0, 0.1) is 6.92 Å². The molecule has 0 N–H and O–H groups in total. The summed E-state index contributed by atoms with van der Waals surface area (Å²) in [5, 5.41) is 0.890. The molecule has 94 valence electrons. The minimum atomic E-state index is 0.415. The third-order valence-electron chi connectivity index (χ3n) is 2.60. The van der Waals surface area contributed by atoms with E-state index in [0.29, 0.717) is 27.4 Å². The zero-order valence-electron chi connectivity index (χ0n) is 9.71. The number of halogens is 3. The molecular formula is C14H11Cl3O. The largest absolute Gasteiger partial charge is 0.456 e. The monoisotopic (exact) mass is 300 g/mol. The molecule has 0 saturated heterocycles. The molecule has 0 spiro atoms. The van der Waals surface area contributed by atoms with Crippen molar-refractivity contribution < 1.29 is 4.74 Å². The van der Waals surface area contributed by atoms with Crippen molar-refractivity contribution in [3.63, 3.8) is 0 Å². The molecule has 2 rings (SSSR count). The Bertz CT molecular complexity index is 567. The summed E-state index contributed by atoms with van der Waals surface area (Å²) in [5.41, 5.74) is 2.17. The molecule has 18 heavy (non-hydrogen) atoms. The van der Waals surface area contributed by atoms with E-state index >= 15 is 0 Å². The molecule has 0 saturated carbocycles. The minimum Gasteiger partial charge on any atom is -0.456 e. The normalized spacial score (nSPS) is 10.4. The van der Waals surface area contributed by atoms with E-state index in [2.05, 4.69) is 0 Å². The first-order valence-corrected chi connectivity index (χ1v) is 6.68. The van der Waals surface area contributed by atoms with Gasteiger partial charge in [-0.15, -0.1) is 11.6 Å². The van der Waals surface area contributed by atoms with Crippen LogP contribution in [0.3, 0.4) is 0 Å². The number of rotatable bonds is 3. The number of alkyl halides is 1. The minimum absolute atomic E-state index is 0.415. The van der Waals surface area contributed by atoms with Crippen molar-refractivity contribution in [2.45, 2.75) is 12.8 Å². The molecule has 4 heteroatoms. The lowest BCUT2D eigenvalue weighted by Gasteiger charge is -2.10. The Morgan fingerprint density at radius 1 is 1.11 bits per heavy atom. The fourth-order valence-electron chi connectivity index (χ4n) is 1.57. The predicted molar refractivity (Wildman–Crippen MR) is 77.3 cm³/mol. The average Bonchev–Trinajstić information content (AvgIpc) is 2.35. The zero-order valence-corrected chi connectivity index (χ0v) is 12.0. The highest BCUT2D eigenvalue weighted by atomic mass is 35.5. The van der Waals surface area contributed by atoms with Gasteiger partial charge in [0.1, 0.15) is 16.5 Å². The molecule has 0 atom stereocenters. The fourth-order valence-corrected chi connectivity index (χ4v) is 2.20. The molecular weight excluding hydrogens is 291 g/mol. The van der Waals surface area contributed by atoms with Crippen LogP contribution in [0.15, 0.2) is 36.4 Å². The van der Waals surface area contributed by atoms with Crippen molar-refractivity contribution in [3.8, 4) is 11.5 Å². The number of ether oxygens (including phenoxy) is 1. The molecule has 2 aromatic rings. The summed E-state index contributed by atoms with van der Waals surface area (Å²) >= 11 is 17.8. The van der Waals surface area contributed by atoms with Gasteiger partial charge in [-0.2, -0.15) is 0 Å². The van der Waals surface area contributed by atoms with Crippen LogP contribution < -0.4 is 4.74 Å². The maximum Gasteiger partial charge on any atom is 0.147 e. The van der Waals surface area contributed by atoms with Gasteiger partial charge in [-0.1, -0.05) is 35.3 Å². The Kier molecular flexibility index (Phi) is 4.39. The molecule has 0 aliphatic heterocycles. The fraction of sp³-hybridized carbons (Fsp3) is 0.143. The maximum absolute atomic E-state index is 6.06. The van der Waals surface area contributed by atoms with Gasteiger partial charge < -0.3 is 4.74 Å². The zero-order chi connectivity index (χ0) is 13.1. The van der Waals surface area contributed by atoms with Crippen LogP contribution in [-0.4, -0.2) is 0 Å². The van der Waals surface area contributed by atoms with Gasteiger partial charge in [0.15, 0.2) is 0 Å². The smallest absolute Gasteiger partial charge is 0.147 e. The molecule has 0 amide bonds. The number of hydrogen-bond acceptors (Lipinski definition) is 1. The molecule has 0 radical (unpaired) electrons. The highest BCUT2D eigenvalue weighted by Gasteiger charge is 2.07. The van der Waals surface area contributed by atoms with Gasteiger partial charge >= 0.3 is 0 Å². The number of benzene rings is 2. The topological polar surface area (TPSA) is 9.23 Å². The summed E-state index contributed by atoms with van der Waals surface area (Å²) < 4.78 is 5.71. The summed E-state index contributed by atoms with van der Waals surface area (Å²) in [6, 6.07) is 11.0. The first kappa shape index (κ1) is 13.5. The van der Waals surface area contributed by atoms with Crippen LogP contribution in [0.25, 0.3) is 0 Å². The number of aryl methyl sites for hydroxylation is 1. The Hall–Kier alpha value is -0.890. The highest BCUT2D eigenvalue weighted by Crippen LogP contribution is 2.35. The second kappa shape index (κ2) is 5.83. The summed E-state index contributed by atoms with van der Waals surface area (Å²) in [4.78, 5) is 0. The Balaban J connectivity index is 2.29. The van der Waals surface area contributed by atoms with Gasteiger partial charge in [-0.05, 0) is 42.3 Å². The van der Waals surface area contributed by atoms with E-state index in [1.54, 1.807) is 18.2 Å². The van der Waals surface area contributed by atoms with Crippen LogP contribution in [0.4, 0.5) is 0 Å². The molecule has 0 aromatic heterocycles.